The van der Waals surface area contributed by atoms with Gasteiger partial charge >= 0.3 is 0 Å². The van der Waals surface area contributed by atoms with Crippen LogP contribution in [-0.2, 0) is 0 Å². The summed E-state index contributed by atoms with van der Waals surface area (Å²) < 4.78 is 0. The molecule has 0 bridgehead atoms. The van der Waals surface area contributed by atoms with Gasteiger partial charge in [-0.2, -0.15) is 0 Å². The number of likely N-dealkylation sites (tertiary alicyclic amines) is 1. The van der Waals surface area contributed by atoms with Gasteiger partial charge < -0.3 is 10.2 Å². The number of guanidine groups is 1. The third-order valence-electron chi connectivity index (χ3n) is 3.40. The van der Waals surface area contributed by atoms with E-state index in [2.05, 4.69) is 27.7 Å². The first-order valence-electron chi connectivity index (χ1n) is 6.24. The zero-order valence-corrected chi connectivity index (χ0v) is 10.1. The second-order valence-electron chi connectivity index (χ2n) is 5.00. The standard InChI is InChI=1S/C11H23N5/c1-16-6-4-9(5-7-16)8-13-11(15-12)14-10-2-3-10/h9-10H,2-8,12H2,1H3,(H2,13,14,15). The lowest BCUT2D eigenvalue weighted by Crippen LogP contribution is -2.43. The number of hydrogen-bond acceptors (Lipinski definition) is 3. The Morgan fingerprint density at radius 2 is 2.00 bits per heavy atom. The molecule has 0 unspecified atom stereocenters. The summed E-state index contributed by atoms with van der Waals surface area (Å²) in [5, 5.41) is 3.29. The van der Waals surface area contributed by atoms with E-state index in [0.717, 1.165) is 18.4 Å². The van der Waals surface area contributed by atoms with Crippen molar-refractivity contribution >= 4 is 5.96 Å². The predicted molar refractivity (Wildman–Crippen MR) is 66.0 cm³/mol. The number of rotatable bonds is 3. The molecule has 0 aromatic rings. The van der Waals surface area contributed by atoms with Crippen LogP contribution in [0.5, 0.6) is 0 Å². The average molecular weight is 225 g/mol. The number of nitrogens with two attached hydrogens (primary N) is 1. The van der Waals surface area contributed by atoms with E-state index in [1.165, 1.54) is 38.8 Å². The van der Waals surface area contributed by atoms with Crippen LogP contribution in [-0.4, -0.2) is 43.6 Å². The molecule has 1 saturated heterocycles. The topological polar surface area (TPSA) is 65.7 Å². The number of nitrogens with one attached hydrogen (secondary N) is 2. The van der Waals surface area contributed by atoms with Gasteiger partial charge in [0.05, 0.1) is 0 Å². The second kappa shape index (κ2) is 5.50. The molecule has 0 amide bonds. The smallest absolute Gasteiger partial charge is 0.205 e. The molecule has 0 aromatic heterocycles. The largest absolute Gasteiger partial charge is 0.353 e. The van der Waals surface area contributed by atoms with Gasteiger partial charge in [0.15, 0.2) is 0 Å². The van der Waals surface area contributed by atoms with E-state index in [1.807, 2.05) is 0 Å². The van der Waals surface area contributed by atoms with E-state index in [1.54, 1.807) is 0 Å². The Labute approximate surface area is 97.4 Å². The van der Waals surface area contributed by atoms with Gasteiger partial charge in [-0.25, -0.2) is 5.84 Å². The monoisotopic (exact) mass is 225 g/mol. The molecule has 0 atom stereocenters. The number of aliphatic imine (C=N–C) groups is 1. The molecule has 2 rings (SSSR count). The van der Waals surface area contributed by atoms with Crippen LogP contribution in [0.4, 0.5) is 0 Å². The fraction of sp³-hybridized carbons (Fsp3) is 0.909. The SMILES string of the molecule is CN1CCC(CN=C(NN)NC2CC2)CC1. The minimum atomic E-state index is 0.604. The van der Waals surface area contributed by atoms with Crippen LogP contribution in [0.2, 0.25) is 0 Å². The van der Waals surface area contributed by atoms with Crippen molar-refractivity contribution in [1.29, 1.82) is 0 Å². The van der Waals surface area contributed by atoms with Crippen LogP contribution < -0.4 is 16.6 Å². The van der Waals surface area contributed by atoms with Gasteiger partial charge in [-0.3, -0.25) is 10.4 Å². The van der Waals surface area contributed by atoms with Crippen LogP contribution in [0.3, 0.4) is 0 Å². The van der Waals surface area contributed by atoms with Crippen molar-refractivity contribution in [1.82, 2.24) is 15.6 Å². The minimum Gasteiger partial charge on any atom is -0.353 e. The van der Waals surface area contributed by atoms with Gasteiger partial charge in [0, 0.05) is 12.6 Å². The summed E-state index contributed by atoms with van der Waals surface area (Å²) in [5.41, 5.74) is 2.65. The van der Waals surface area contributed by atoms with Crippen LogP contribution in [0.1, 0.15) is 25.7 Å². The van der Waals surface area contributed by atoms with Crippen molar-refractivity contribution in [3.8, 4) is 0 Å². The third-order valence-corrected chi connectivity index (χ3v) is 3.40. The van der Waals surface area contributed by atoms with Gasteiger partial charge in [-0.1, -0.05) is 0 Å². The van der Waals surface area contributed by atoms with Crippen molar-refractivity contribution in [2.75, 3.05) is 26.7 Å². The number of nitrogens with zero attached hydrogens (tertiary/aromatic N) is 2. The summed E-state index contributed by atoms with van der Waals surface area (Å²) in [5.74, 6) is 6.92. The van der Waals surface area contributed by atoms with Gasteiger partial charge in [0.2, 0.25) is 5.96 Å². The molecular weight excluding hydrogens is 202 g/mol. The molecule has 1 heterocycles. The molecule has 1 saturated carbocycles. The van der Waals surface area contributed by atoms with E-state index in [9.17, 15) is 0 Å². The second-order valence-corrected chi connectivity index (χ2v) is 5.00. The lowest BCUT2D eigenvalue weighted by Gasteiger charge is -2.27. The van der Waals surface area contributed by atoms with Gasteiger partial charge in [-0.15, -0.1) is 0 Å². The summed E-state index contributed by atoms with van der Waals surface area (Å²) in [6.07, 6.45) is 4.99. The Kier molecular flexibility index (Phi) is 4.01. The van der Waals surface area contributed by atoms with Crippen LogP contribution in [0, 0.1) is 5.92 Å². The maximum absolute atomic E-state index is 5.43. The molecular formula is C11H23N5. The number of hydrogen-bond donors (Lipinski definition) is 3. The fourth-order valence-electron chi connectivity index (χ4n) is 2.02. The lowest BCUT2D eigenvalue weighted by atomic mass is 9.97. The molecule has 1 aliphatic carbocycles. The zero-order valence-electron chi connectivity index (χ0n) is 10.1. The summed E-state index contributed by atoms with van der Waals surface area (Å²) in [7, 11) is 2.18. The summed E-state index contributed by atoms with van der Waals surface area (Å²) in [6, 6.07) is 0.604. The molecule has 1 aliphatic heterocycles. The quantitative estimate of drug-likeness (QED) is 0.272. The highest BCUT2D eigenvalue weighted by molar-refractivity contribution is 5.79. The van der Waals surface area contributed by atoms with E-state index < -0.39 is 0 Å². The molecule has 92 valence electrons. The van der Waals surface area contributed by atoms with E-state index in [4.69, 9.17) is 5.84 Å². The first kappa shape index (κ1) is 11.7. The lowest BCUT2D eigenvalue weighted by molar-refractivity contribution is 0.223. The summed E-state index contributed by atoms with van der Waals surface area (Å²) in [6.45, 7) is 3.29. The molecule has 16 heavy (non-hydrogen) atoms. The fourth-order valence-corrected chi connectivity index (χ4v) is 2.02. The maximum atomic E-state index is 5.43. The molecule has 0 spiro atoms. The molecule has 4 N–H and O–H groups in total. The first-order valence-corrected chi connectivity index (χ1v) is 6.24. The predicted octanol–water partition coefficient (Wildman–Crippen LogP) is -0.100. The molecule has 2 fully saturated rings. The highest BCUT2D eigenvalue weighted by atomic mass is 15.3. The van der Waals surface area contributed by atoms with E-state index >= 15 is 0 Å². The molecule has 5 heteroatoms. The first-order chi connectivity index (χ1) is 7.78. The van der Waals surface area contributed by atoms with Gasteiger partial charge in [0.25, 0.3) is 0 Å². The van der Waals surface area contributed by atoms with Gasteiger partial charge in [-0.05, 0) is 51.7 Å². The molecule has 5 nitrogen and oxygen atoms in total. The zero-order chi connectivity index (χ0) is 11.4. The van der Waals surface area contributed by atoms with Crippen LogP contribution in [0.25, 0.3) is 0 Å². The minimum absolute atomic E-state index is 0.604. The van der Waals surface area contributed by atoms with Gasteiger partial charge in [0.1, 0.15) is 0 Å². The normalized spacial score (nSPS) is 24.5. The highest BCUT2D eigenvalue weighted by Gasteiger charge is 2.22. The molecule has 2 aliphatic rings. The van der Waals surface area contributed by atoms with Crippen LogP contribution >= 0.6 is 0 Å². The highest BCUT2D eigenvalue weighted by Crippen LogP contribution is 2.19. The Hall–Kier alpha value is -0.810. The molecule has 0 radical (unpaired) electrons. The summed E-state index contributed by atoms with van der Waals surface area (Å²) in [4.78, 5) is 6.90. The Bertz CT molecular complexity index is 241. The van der Waals surface area contributed by atoms with Crippen LogP contribution in [0.15, 0.2) is 4.99 Å². The van der Waals surface area contributed by atoms with Crippen molar-refractivity contribution in [2.45, 2.75) is 31.7 Å². The Morgan fingerprint density at radius 3 is 2.56 bits per heavy atom. The Balaban J connectivity index is 1.72. The Morgan fingerprint density at radius 1 is 1.31 bits per heavy atom. The van der Waals surface area contributed by atoms with Crippen molar-refractivity contribution < 1.29 is 0 Å². The maximum Gasteiger partial charge on any atom is 0.205 e. The van der Waals surface area contributed by atoms with E-state index in [0.29, 0.717) is 6.04 Å². The third kappa shape index (κ3) is 3.64. The molecule has 0 aromatic carbocycles. The summed E-state index contributed by atoms with van der Waals surface area (Å²) >= 11 is 0. The van der Waals surface area contributed by atoms with Crippen molar-refractivity contribution in [3.63, 3.8) is 0 Å². The average Bonchev–Trinajstić information content (AvgIpc) is 3.10. The number of piperidine rings is 1. The number of hydrazine groups is 1. The van der Waals surface area contributed by atoms with Crippen molar-refractivity contribution in [2.24, 2.45) is 16.8 Å². The van der Waals surface area contributed by atoms with Crippen molar-refractivity contribution in [3.05, 3.63) is 0 Å². The van der Waals surface area contributed by atoms with E-state index in [-0.39, 0.29) is 0 Å².